The zero-order valence-electron chi connectivity index (χ0n) is 16.1. The largest absolute Gasteiger partial charge is 0.339 e. The summed E-state index contributed by atoms with van der Waals surface area (Å²) in [6.45, 7) is 6.97. The summed E-state index contributed by atoms with van der Waals surface area (Å²) in [7, 11) is 0. The topological polar surface area (TPSA) is 35.6 Å². The van der Waals surface area contributed by atoms with Crippen molar-refractivity contribution in [2.75, 3.05) is 29.4 Å². The van der Waals surface area contributed by atoms with Crippen LogP contribution in [0.25, 0.3) is 0 Å². The van der Waals surface area contributed by atoms with Crippen LogP contribution in [0.15, 0.2) is 42.5 Å². The number of carbonyl (C=O) groups excluding carboxylic acids is 1. The zero-order chi connectivity index (χ0) is 18.1. The van der Waals surface area contributed by atoms with E-state index in [4.69, 9.17) is 0 Å². The molecule has 4 nitrogen and oxygen atoms in total. The van der Waals surface area contributed by atoms with Gasteiger partial charge >= 0.3 is 0 Å². The van der Waals surface area contributed by atoms with Crippen LogP contribution in [-0.2, 0) is 11.2 Å². The Bertz CT molecular complexity index is 823. The summed E-state index contributed by atoms with van der Waals surface area (Å²) in [6.07, 6.45) is 2.68. The van der Waals surface area contributed by atoms with E-state index in [9.17, 15) is 4.79 Å². The van der Waals surface area contributed by atoms with E-state index in [1.165, 1.54) is 16.8 Å². The van der Waals surface area contributed by atoms with Crippen molar-refractivity contribution in [3.8, 4) is 0 Å². The van der Waals surface area contributed by atoms with E-state index >= 15 is 0 Å². The number of nitrogens with zero attached hydrogens (tertiary/aromatic N) is 2. The minimum atomic E-state index is 0. The summed E-state index contributed by atoms with van der Waals surface area (Å²) in [6, 6.07) is 14.9. The first-order valence-corrected chi connectivity index (χ1v) is 9.73. The first-order chi connectivity index (χ1) is 12.7. The van der Waals surface area contributed by atoms with Crippen molar-refractivity contribution >= 4 is 35.4 Å². The van der Waals surface area contributed by atoms with Gasteiger partial charge in [-0.05, 0) is 49.6 Å². The first-order valence-electron chi connectivity index (χ1n) is 9.73. The summed E-state index contributed by atoms with van der Waals surface area (Å²) >= 11 is 0. The number of benzene rings is 2. The molecule has 0 saturated heterocycles. The Kier molecular flexibility index (Phi) is 6.08. The molecule has 0 spiro atoms. The second kappa shape index (κ2) is 8.32. The molecule has 0 aromatic heterocycles. The Hall–Kier alpha value is -2.04. The van der Waals surface area contributed by atoms with Gasteiger partial charge in [-0.25, -0.2) is 0 Å². The number of carbonyl (C=O) groups is 1. The molecule has 0 radical (unpaired) electrons. The van der Waals surface area contributed by atoms with Crippen molar-refractivity contribution in [3.63, 3.8) is 0 Å². The average Bonchev–Trinajstić information content (AvgIpc) is 3.05. The first kappa shape index (κ1) is 19.7. The smallest absolute Gasteiger partial charge is 0.228 e. The molecule has 2 heterocycles. The standard InChI is InChI=1S/C22H27N3O.ClH/c1-3-13-23-14-11-21(26)25-16(2)18-8-6-7-17-12-15-24(22(17)18)19-9-4-5-10-20(19)25;/h4-10,16,23H,3,11-15H2,1-2H3;1H. The van der Waals surface area contributed by atoms with Crippen LogP contribution in [0.3, 0.4) is 0 Å². The minimum absolute atomic E-state index is 0. The lowest BCUT2D eigenvalue weighted by molar-refractivity contribution is -0.119. The highest BCUT2D eigenvalue weighted by molar-refractivity contribution is 6.00. The number of nitrogens with one attached hydrogen (secondary N) is 1. The van der Waals surface area contributed by atoms with E-state index in [0.717, 1.165) is 43.9 Å². The number of amides is 1. The van der Waals surface area contributed by atoms with Crippen molar-refractivity contribution in [1.29, 1.82) is 0 Å². The van der Waals surface area contributed by atoms with Crippen molar-refractivity contribution in [3.05, 3.63) is 53.6 Å². The van der Waals surface area contributed by atoms with Crippen molar-refractivity contribution < 1.29 is 4.79 Å². The van der Waals surface area contributed by atoms with E-state index in [1.54, 1.807) is 0 Å². The van der Waals surface area contributed by atoms with Crippen LogP contribution >= 0.6 is 12.4 Å². The fourth-order valence-corrected chi connectivity index (χ4v) is 4.28. The molecule has 27 heavy (non-hydrogen) atoms. The maximum atomic E-state index is 13.2. The molecule has 2 aliphatic rings. The Balaban J connectivity index is 0.00000210. The molecule has 2 aliphatic heterocycles. The highest BCUT2D eigenvalue weighted by Crippen LogP contribution is 2.49. The third kappa shape index (κ3) is 3.44. The lowest BCUT2D eigenvalue weighted by Crippen LogP contribution is -2.35. The molecule has 0 aliphatic carbocycles. The van der Waals surface area contributed by atoms with Crippen molar-refractivity contribution in [2.45, 2.75) is 39.2 Å². The Labute approximate surface area is 168 Å². The van der Waals surface area contributed by atoms with E-state index in [0.29, 0.717) is 6.42 Å². The Morgan fingerprint density at radius 1 is 1.11 bits per heavy atom. The van der Waals surface area contributed by atoms with Gasteiger partial charge < -0.3 is 15.1 Å². The monoisotopic (exact) mass is 385 g/mol. The fraction of sp³-hybridized carbons (Fsp3) is 0.409. The van der Waals surface area contributed by atoms with Gasteiger partial charge in [-0.15, -0.1) is 12.4 Å². The predicted octanol–water partition coefficient (Wildman–Crippen LogP) is 4.60. The molecule has 2 aromatic rings. The molecule has 1 atom stereocenters. The summed E-state index contributed by atoms with van der Waals surface area (Å²) in [4.78, 5) is 17.6. The fourth-order valence-electron chi connectivity index (χ4n) is 4.28. The normalized spacial score (nSPS) is 17.0. The quantitative estimate of drug-likeness (QED) is 0.764. The molecule has 5 heteroatoms. The predicted molar refractivity (Wildman–Crippen MR) is 115 cm³/mol. The van der Waals surface area contributed by atoms with Gasteiger partial charge in [0, 0.05) is 25.2 Å². The SMILES string of the molecule is CCCNCCC(=O)N1c2ccccc2N2CCc3cccc(c32)C1C.Cl. The van der Waals surface area contributed by atoms with E-state index in [1.807, 2.05) is 11.0 Å². The summed E-state index contributed by atoms with van der Waals surface area (Å²) < 4.78 is 0. The van der Waals surface area contributed by atoms with Crippen LogP contribution in [0.1, 0.15) is 43.9 Å². The van der Waals surface area contributed by atoms with E-state index in [-0.39, 0.29) is 24.4 Å². The van der Waals surface area contributed by atoms with Crippen LogP contribution in [-0.4, -0.2) is 25.5 Å². The summed E-state index contributed by atoms with van der Waals surface area (Å²) in [5, 5.41) is 3.35. The summed E-state index contributed by atoms with van der Waals surface area (Å²) in [5.74, 6) is 0.187. The van der Waals surface area contributed by atoms with Gasteiger partial charge in [-0.2, -0.15) is 0 Å². The highest BCUT2D eigenvalue weighted by Gasteiger charge is 2.35. The van der Waals surface area contributed by atoms with Crippen molar-refractivity contribution in [1.82, 2.24) is 5.32 Å². The zero-order valence-corrected chi connectivity index (χ0v) is 16.9. The number of rotatable bonds is 5. The van der Waals surface area contributed by atoms with E-state index < -0.39 is 0 Å². The maximum absolute atomic E-state index is 13.2. The van der Waals surface area contributed by atoms with Gasteiger partial charge in [-0.3, -0.25) is 4.79 Å². The van der Waals surface area contributed by atoms with Crippen LogP contribution < -0.4 is 15.1 Å². The minimum Gasteiger partial charge on any atom is -0.339 e. The molecule has 144 valence electrons. The number of hydrogen-bond donors (Lipinski definition) is 1. The van der Waals surface area contributed by atoms with Crippen LogP contribution in [0.4, 0.5) is 17.1 Å². The second-order valence-corrected chi connectivity index (χ2v) is 7.19. The molecule has 0 bridgehead atoms. The molecule has 1 amide bonds. The van der Waals surface area contributed by atoms with Gasteiger partial charge in [-0.1, -0.05) is 37.3 Å². The molecule has 2 aromatic carbocycles. The average molecular weight is 386 g/mol. The molecular weight excluding hydrogens is 358 g/mol. The van der Waals surface area contributed by atoms with Gasteiger partial charge in [0.25, 0.3) is 0 Å². The number of halogens is 1. The number of anilines is 3. The molecule has 1 N–H and O–H groups in total. The molecule has 0 saturated carbocycles. The highest BCUT2D eigenvalue weighted by atomic mass is 35.5. The Morgan fingerprint density at radius 3 is 2.67 bits per heavy atom. The molecule has 1 unspecified atom stereocenters. The lowest BCUT2D eigenvalue weighted by atomic mass is 10.0. The van der Waals surface area contributed by atoms with Gasteiger partial charge in [0.05, 0.1) is 17.4 Å². The number of hydrogen-bond acceptors (Lipinski definition) is 3. The van der Waals surface area contributed by atoms with Crippen LogP contribution in [0.2, 0.25) is 0 Å². The van der Waals surface area contributed by atoms with Gasteiger partial charge in [0.1, 0.15) is 0 Å². The molecular formula is C22H28ClN3O. The lowest BCUT2D eigenvalue weighted by Gasteiger charge is -2.29. The van der Waals surface area contributed by atoms with Gasteiger partial charge in [0.15, 0.2) is 0 Å². The van der Waals surface area contributed by atoms with E-state index in [2.05, 4.69) is 60.5 Å². The second-order valence-electron chi connectivity index (χ2n) is 7.19. The van der Waals surface area contributed by atoms with Crippen molar-refractivity contribution in [2.24, 2.45) is 0 Å². The third-order valence-electron chi connectivity index (χ3n) is 5.51. The van der Waals surface area contributed by atoms with Crippen LogP contribution in [0, 0.1) is 0 Å². The maximum Gasteiger partial charge on any atom is 0.228 e. The molecule has 0 fully saturated rings. The molecule has 4 rings (SSSR count). The van der Waals surface area contributed by atoms with Crippen LogP contribution in [0.5, 0.6) is 0 Å². The number of fused-ring (bicyclic) bond motifs is 2. The Morgan fingerprint density at radius 2 is 1.89 bits per heavy atom. The third-order valence-corrected chi connectivity index (χ3v) is 5.51. The van der Waals surface area contributed by atoms with Gasteiger partial charge in [0.2, 0.25) is 5.91 Å². The summed E-state index contributed by atoms with van der Waals surface area (Å²) in [5.41, 5.74) is 6.14. The number of para-hydroxylation sites is 3.